The third-order valence-corrected chi connectivity index (χ3v) is 3.34. The lowest BCUT2D eigenvalue weighted by Gasteiger charge is -2.08. The number of benzene rings is 2. The standard InChI is InChI=1S/C18H16N4O/c1-13-7-5-6-10-15(13)20-18(23)16-11-12-17(22-21-16)19-14-8-3-2-4-9-14/h2-12H,1H3,(H,19,22)(H,20,23). The first-order chi connectivity index (χ1) is 11.2. The Morgan fingerprint density at radius 1 is 0.870 bits per heavy atom. The molecule has 1 heterocycles. The molecule has 0 atom stereocenters. The summed E-state index contributed by atoms with van der Waals surface area (Å²) in [6.45, 7) is 1.94. The van der Waals surface area contributed by atoms with Gasteiger partial charge in [0.1, 0.15) is 0 Å². The molecule has 0 radical (unpaired) electrons. The smallest absolute Gasteiger partial charge is 0.276 e. The maximum Gasteiger partial charge on any atom is 0.276 e. The minimum absolute atomic E-state index is 0.270. The summed E-state index contributed by atoms with van der Waals surface area (Å²) < 4.78 is 0. The van der Waals surface area contributed by atoms with Crippen LogP contribution >= 0.6 is 0 Å². The van der Waals surface area contributed by atoms with Crippen LogP contribution in [0.25, 0.3) is 0 Å². The van der Waals surface area contributed by atoms with Crippen LogP contribution in [0.3, 0.4) is 0 Å². The molecule has 0 aliphatic rings. The van der Waals surface area contributed by atoms with E-state index in [0.717, 1.165) is 16.9 Å². The molecule has 0 saturated carbocycles. The number of nitrogens with zero attached hydrogens (tertiary/aromatic N) is 2. The Morgan fingerprint density at radius 2 is 1.61 bits per heavy atom. The molecule has 2 aromatic carbocycles. The van der Waals surface area contributed by atoms with Crippen molar-refractivity contribution in [2.75, 3.05) is 10.6 Å². The molecule has 5 heteroatoms. The van der Waals surface area contributed by atoms with Gasteiger partial charge in [-0.05, 0) is 42.8 Å². The molecule has 114 valence electrons. The number of carbonyl (C=O) groups is 1. The first-order valence-corrected chi connectivity index (χ1v) is 7.25. The number of hydrogen-bond donors (Lipinski definition) is 2. The van der Waals surface area contributed by atoms with Crippen molar-refractivity contribution in [3.63, 3.8) is 0 Å². The highest BCUT2D eigenvalue weighted by Gasteiger charge is 2.09. The lowest BCUT2D eigenvalue weighted by atomic mass is 10.2. The van der Waals surface area contributed by atoms with Crippen molar-refractivity contribution in [1.29, 1.82) is 0 Å². The Morgan fingerprint density at radius 3 is 2.30 bits per heavy atom. The minimum Gasteiger partial charge on any atom is -0.339 e. The number of aromatic nitrogens is 2. The molecular weight excluding hydrogens is 288 g/mol. The molecule has 0 aliphatic carbocycles. The molecule has 0 bridgehead atoms. The maximum atomic E-state index is 12.2. The average molecular weight is 304 g/mol. The topological polar surface area (TPSA) is 66.9 Å². The number of anilines is 3. The maximum absolute atomic E-state index is 12.2. The molecule has 1 amide bonds. The molecule has 0 spiro atoms. The van der Waals surface area contributed by atoms with Crippen molar-refractivity contribution in [2.45, 2.75) is 6.92 Å². The normalized spacial score (nSPS) is 10.1. The molecule has 0 unspecified atom stereocenters. The molecule has 3 rings (SSSR count). The summed E-state index contributed by atoms with van der Waals surface area (Å²) in [5.74, 6) is 0.307. The van der Waals surface area contributed by atoms with Crippen LogP contribution in [0.5, 0.6) is 0 Å². The second-order valence-corrected chi connectivity index (χ2v) is 5.06. The Kier molecular flexibility index (Phi) is 4.29. The van der Waals surface area contributed by atoms with Gasteiger partial charge in [-0.25, -0.2) is 0 Å². The Balaban J connectivity index is 1.69. The van der Waals surface area contributed by atoms with Crippen LogP contribution in [-0.2, 0) is 0 Å². The fraction of sp³-hybridized carbons (Fsp3) is 0.0556. The largest absolute Gasteiger partial charge is 0.339 e. The number of aryl methyl sites for hydroxylation is 1. The van der Waals surface area contributed by atoms with Crippen LogP contribution < -0.4 is 10.6 Å². The van der Waals surface area contributed by atoms with Gasteiger partial charge in [-0.15, -0.1) is 10.2 Å². The van der Waals surface area contributed by atoms with E-state index in [-0.39, 0.29) is 11.6 Å². The molecule has 5 nitrogen and oxygen atoms in total. The predicted molar refractivity (Wildman–Crippen MR) is 90.9 cm³/mol. The lowest BCUT2D eigenvalue weighted by Crippen LogP contribution is -2.15. The van der Waals surface area contributed by atoms with Gasteiger partial charge in [0.15, 0.2) is 11.5 Å². The van der Waals surface area contributed by atoms with Gasteiger partial charge < -0.3 is 10.6 Å². The van der Waals surface area contributed by atoms with Crippen molar-refractivity contribution in [2.24, 2.45) is 0 Å². The third kappa shape index (κ3) is 3.71. The van der Waals surface area contributed by atoms with Crippen molar-refractivity contribution in [1.82, 2.24) is 10.2 Å². The second kappa shape index (κ2) is 6.70. The van der Waals surface area contributed by atoms with Crippen LogP contribution in [0, 0.1) is 6.92 Å². The molecule has 3 aromatic rings. The number of hydrogen-bond acceptors (Lipinski definition) is 4. The number of rotatable bonds is 4. The molecule has 2 N–H and O–H groups in total. The van der Waals surface area contributed by atoms with Gasteiger partial charge in [-0.1, -0.05) is 36.4 Å². The van der Waals surface area contributed by atoms with E-state index in [4.69, 9.17) is 0 Å². The van der Waals surface area contributed by atoms with E-state index < -0.39 is 0 Å². The van der Waals surface area contributed by atoms with Gasteiger partial charge >= 0.3 is 0 Å². The quantitative estimate of drug-likeness (QED) is 0.769. The summed E-state index contributed by atoms with van der Waals surface area (Å²) in [4.78, 5) is 12.2. The molecule has 0 saturated heterocycles. The van der Waals surface area contributed by atoms with E-state index in [2.05, 4.69) is 20.8 Å². The van der Waals surface area contributed by atoms with E-state index in [1.165, 1.54) is 0 Å². The Hall–Kier alpha value is -3.21. The van der Waals surface area contributed by atoms with Crippen molar-refractivity contribution in [3.8, 4) is 0 Å². The summed E-state index contributed by atoms with van der Waals surface area (Å²) in [5, 5.41) is 14.0. The van der Waals surface area contributed by atoms with Gasteiger partial charge in [0.25, 0.3) is 5.91 Å². The molecular formula is C18H16N4O. The first-order valence-electron chi connectivity index (χ1n) is 7.25. The van der Waals surface area contributed by atoms with Gasteiger partial charge in [-0.3, -0.25) is 4.79 Å². The Bertz CT molecular complexity index is 801. The van der Waals surface area contributed by atoms with Crippen LogP contribution in [-0.4, -0.2) is 16.1 Å². The number of nitrogens with one attached hydrogen (secondary N) is 2. The summed E-state index contributed by atoms with van der Waals surface area (Å²) >= 11 is 0. The van der Waals surface area contributed by atoms with Crippen LogP contribution in [0.15, 0.2) is 66.7 Å². The van der Waals surface area contributed by atoms with Crippen LogP contribution in [0.2, 0.25) is 0 Å². The highest BCUT2D eigenvalue weighted by molar-refractivity contribution is 6.03. The monoisotopic (exact) mass is 304 g/mol. The van der Waals surface area contributed by atoms with Gasteiger partial charge in [-0.2, -0.15) is 0 Å². The number of para-hydroxylation sites is 2. The molecule has 23 heavy (non-hydrogen) atoms. The van der Waals surface area contributed by atoms with Crippen molar-refractivity contribution >= 4 is 23.1 Å². The van der Waals surface area contributed by atoms with E-state index in [1.54, 1.807) is 12.1 Å². The van der Waals surface area contributed by atoms with Gasteiger partial charge in [0.2, 0.25) is 0 Å². The summed E-state index contributed by atoms with van der Waals surface area (Å²) in [5.41, 5.74) is 2.95. The molecule has 0 fully saturated rings. The highest BCUT2D eigenvalue weighted by Crippen LogP contribution is 2.15. The molecule has 0 aliphatic heterocycles. The minimum atomic E-state index is -0.280. The van der Waals surface area contributed by atoms with E-state index >= 15 is 0 Å². The third-order valence-electron chi connectivity index (χ3n) is 3.34. The molecule has 1 aromatic heterocycles. The number of carbonyl (C=O) groups excluding carboxylic acids is 1. The van der Waals surface area contributed by atoms with Crippen LogP contribution in [0.4, 0.5) is 17.2 Å². The fourth-order valence-electron chi connectivity index (χ4n) is 2.09. The lowest BCUT2D eigenvalue weighted by molar-refractivity contribution is 0.102. The van der Waals surface area contributed by atoms with E-state index in [1.807, 2.05) is 61.5 Å². The fourth-order valence-corrected chi connectivity index (χ4v) is 2.09. The van der Waals surface area contributed by atoms with Crippen LogP contribution in [0.1, 0.15) is 16.1 Å². The summed E-state index contributed by atoms with van der Waals surface area (Å²) in [6, 6.07) is 20.6. The average Bonchev–Trinajstić information content (AvgIpc) is 2.58. The zero-order chi connectivity index (χ0) is 16.1. The zero-order valence-electron chi connectivity index (χ0n) is 12.7. The second-order valence-electron chi connectivity index (χ2n) is 5.06. The zero-order valence-corrected chi connectivity index (χ0v) is 12.7. The highest BCUT2D eigenvalue weighted by atomic mass is 16.1. The van der Waals surface area contributed by atoms with Crippen molar-refractivity contribution in [3.05, 3.63) is 78.0 Å². The van der Waals surface area contributed by atoms with Gasteiger partial charge in [0, 0.05) is 11.4 Å². The van der Waals surface area contributed by atoms with E-state index in [9.17, 15) is 4.79 Å². The first kappa shape index (κ1) is 14.7. The van der Waals surface area contributed by atoms with Crippen molar-refractivity contribution < 1.29 is 4.79 Å². The summed E-state index contributed by atoms with van der Waals surface area (Å²) in [6.07, 6.45) is 0. The predicted octanol–water partition coefficient (Wildman–Crippen LogP) is 3.78. The number of amides is 1. The summed E-state index contributed by atoms with van der Waals surface area (Å²) in [7, 11) is 0. The van der Waals surface area contributed by atoms with Gasteiger partial charge in [0.05, 0.1) is 0 Å². The SMILES string of the molecule is Cc1ccccc1NC(=O)c1ccc(Nc2ccccc2)nn1. The Labute approximate surface area is 134 Å². The van der Waals surface area contributed by atoms with E-state index in [0.29, 0.717) is 5.82 Å².